The highest BCUT2D eigenvalue weighted by Gasteiger charge is 2.36. The van der Waals surface area contributed by atoms with Crippen LogP contribution in [0.4, 0.5) is 26.3 Å². The van der Waals surface area contributed by atoms with Crippen LogP contribution >= 0.6 is 15.9 Å². The molecule has 0 fully saturated rings. The maximum atomic E-state index is 12.9. The molecule has 0 saturated heterocycles. The first kappa shape index (κ1) is 13.1. The Morgan fingerprint density at radius 2 is 1.88 bits per heavy atom. The molecule has 16 heavy (non-hydrogen) atoms. The molecule has 1 heterocycles. The van der Waals surface area contributed by atoms with Gasteiger partial charge in [0.1, 0.15) is 4.60 Å². The van der Waals surface area contributed by atoms with Crippen LogP contribution in [-0.4, -0.2) is 11.3 Å². The zero-order valence-corrected chi connectivity index (χ0v) is 8.74. The fourth-order valence-electron chi connectivity index (χ4n) is 0.872. The normalized spacial score (nSPS) is 12.0. The predicted octanol–water partition coefficient (Wildman–Crippen LogP) is 3.82. The van der Waals surface area contributed by atoms with E-state index in [1.54, 1.807) is 0 Å². The van der Waals surface area contributed by atoms with Crippen LogP contribution in [0.3, 0.4) is 0 Å². The molecule has 1 aromatic rings. The van der Waals surface area contributed by atoms with Crippen LogP contribution in [0.2, 0.25) is 0 Å². The average Bonchev–Trinajstić information content (AvgIpc) is 2.08. The molecule has 0 atom stereocenters. The summed E-state index contributed by atoms with van der Waals surface area (Å²) in [5, 5.41) is 0. The Bertz CT molecular complexity index is 393. The summed E-state index contributed by atoms with van der Waals surface area (Å²) < 4.78 is 75.7. The van der Waals surface area contributed by atoms with Crippen LogP contribution in [0.5, 0.6) is 5.75 Å². The highest BCUT2D eigenvalue weighted by Crippen LogP contribution is 2.38. The van der Waals surface area contributed by atoms with Crippen molar-refractivity contribution >= 4 is 15.9 Å². The van der Waals surface area contributed by atoms with Gasteiger partial charge >= 0.3 is 6.36 Å². The average molecular weight is 310 g/mol. The number of hydrogen-bond acceptors (Lipinski definition) is 2. The highest BCUT2D eigenvalue weighted by atomic mass is 79.9. The lowest BCUT2D eigenvalue weighted by molar-refractivity contribution is -0.276. The van der Waals surface area contributed by atoms with E-state index < -0.39 is 34.5 Å². The molecule has 0 amide bonds. The second-order valence-corrected chi connectivity index (χ2v) is 3.24. The summed E-state index contributed by atoms with van der Waals surface area (Å²) in [5.41, 5.74) is -1.28. The molecule has 0 unspecified atom stereocenters. The summed E-state index contributed by atoms with van der Waals surface area (Å²) >= 11 is 2.48. The Labute approximate surface area is 93.4 Å². The minimum atomic E-state index is -5.26. The van der Waals surface area contributed by atoms with Gasteiger partial charge in [0.15, 0.2) is 11.6 Å². The molecule has 9 heteroatoms. The number of pyridine rings is 1. The van der Waals surface area contributed by atoms with E-state index in [0.717, 1.165) is 0 Å². The van der Waals surface area contributed by atoms with Gasteiger partial charge in [0, 0.05) is 0 Å². The van der Waals surface area contributed by atoms with Gasteiger partial charge in [0.05, 0.1) is 11.8 Å². The smallest absolute Gasteiger partial charge is 0.402 e. The molecule has 0 spiro atoms. The third-order valence-corrected chi connectivity index (χ3v) is 2.04. The number of rotatable bonds is 2. The van der Waals surface area contributed by atoms with Crippen molar-refractivity contribution in [1.82, 2.24) is 4.98 Å². The fraction of sp³-hybridized carbons (Fsp3) is 0.286. The molecule has 1 rings (SSSR count). The van der Waals surface area contributed by atoms with Gasteiger partial charge in [-0.2, -0.15) is 0 Å². The molecule has 0 N–H and O–H groups in total. The van der Waals surface area contributed by atoms with Gasteiger partial charge in [-0.25, -0.2) is 18.2 Å². The highest BCUT2D eigenvalue weighted by molar-refractivity contribution is 9.10. The summed E-state index contributed by atoms with van der Waals surface area (Å²) in [6.07, 6.45) is -8.27. The van der Waals surface area contributed by atoms with Gasteiger partial charge in [-0.05, 0) is 15.9 Å². The van der Waals surface area contributed by atoms with Crippen molar-refractivity contribution in [3.05, 3.63) is 22.2 Å². The van der Waals surface area contributed by atoms with Gasteiger partial charge in [0.2, 0.25) is 0 Å². The second-order valence-electron chi connectivity index (χ2n) is 2.49. The van der Waals surface area contributed by atoms with Gasteiger partial charge in [-0.3, -0.25) is 0 Å². The van der Waals surface area contributed by atoms with Crippen molar-refractivity contribution in [3.63, 3.8) is 0 Å². The second kappa shape index (κ2) is 4.48. The van der Waals surface area contributed by atoms with Gasteiger partial charge in [-0.15, -0.1) is 13.2 Å². The van der Waals surface area contributed by atoms with Crippen LogP contribution in [0.15, 0.2) is 10.8 Å². The van der Waals surface area contributed by atoms with Gasteiger partial charge in [-0.1, -0.05) is 0 Å². The van der Waals surface area contributed by atoms with Gasteiger partial charge < -0.3 is 4.74 Å². The fourth-order valence-corrected chi connectivity index (χ4v) is 1.33. The zero-order chi connectivity index (χ0) is 12.5. The van der Waals surface area contributed by atoms with E-state index >= 15 is 0 Å². The van der Waals surface area contributed by atoms with Crippen LogP contribution in [0, 0.1) is 5.82 Å². The molecule has 90 valence electrons. The number of ether oxygens (including phenoxy) is 1. The molecule has 2 nitrogen and oxygen atoms in total. The zero-order valence-electron chi connectivity index (χ0n) is 7.16. The monoisotopic (exact) mass is 309 g/mol. The van der Waals surface area contributed by atoms with E-state index in [0.29, 0.717) is 6.20 Å². The topological polar surface area (TPSA) is 22.1 Å². The van der Waals surface area contributed by atoms with Crippen molar-refractivity contribution < 1.29 is 31.1 Å². The summed E-state index contributed by atoms with van der Waals surface area (Å²) in [6, 6.07) is 0. The van der Waals surface area contributed by atoms with Crippen molar-refractivity contribution in [1.29, 1.82) is 0 Å². The number of halogens is 7. The molecule has 0 bridgehead atoms. The SMILES string of the molecule is Fc1cnc(Br)c(C(F)F)c1OC(F)(F)F. The van der Waals surface area contributed by atoms with Crippen molar-refractivity contribution in [2.75, 3.05) is 0 Å². The number of hydrogen-bond donors (Lipinski definition) is 0. The minimum Gasteiger partial charge on any atom is -0.402 e. The van der Waals surface area contributed by atoms with Crippen molar-refractivity contribution in [2.45, 2.75) is 12.8 Å². The lowest BCUT2D eigenvalue weighted by Gasteiger charge is -2.14. The largest absolute Gasteiger partial charge is 0.573 e. The predicted molar refractivity (Wildman–Crippen MR) is 43.5 cm³/mol. The molecule has 1 aromatic heterocycles. The molecule has 0 aliphatic carbocycles. The van der Waals surface area contributed by atoms with Crippen LogP contribution < -0.4 is 4.74 Å². The Morgan fingerprint density at radius 1 is 1.31 bits per heavy atom. The minimum absolute atomic E-state index is 0.344. The first-order valence-electron chi connectivity index (χ1n) is 3.60. The van der Waals surface area contributed by atoms with E-state index in [2.05, 4.69) is 25.7 Å². The third kappa shape index (κ3) is 3.00. The van der Waals surface area contributed by atoms with E-state index in [-0.39, 0.29) is 0 Å². The molecule has 0 saturated carbocycles. The molecule has 0 aliphatic rings. The Balaban J connectivity index is 3.29. The first-order chi connectivity index (χ1) is 7.22. The van der Waals surface area contributed by atoms with Crippen molar-refractivity contribution in [3.8, 4) is 5.75 Å². The maximum absolute atomic E-state index is 12.9. The number of aromatic nitrogens is 1. The Kier molecular flexibility index (Phi) is 3.66. The number of alkyl halides is 5. The molecular formula is C7H2BrF6NO. The van der Waals surface area contributed by atoms with Gasteiger partial charge in [0.25, 0.3) is 6.43 Å². The summed E-state index contributed by atoms with van der Waals surface area (Å²) in [5.74, 6) is -3.19. The van der Waals surface area contributed by atoms with E-state index in [4.69, 9.17) is 0 Å². The van der Waals surface area contributed by atoms with Crippen LogP contribution in [0.1, 0.15) is 12.0 Å². The third-order valence-electron chi connectivity index (χ3n) is 1.41. The van der Waals surface area contributed by atoms with Crippen molar-refractivity contribution in [2.24, 2.45) is 0 Å². The number of nitrogens with zero attached hydrogens (tertiary/aromatic N) is 1. The lowest BCUT2D eigenvalue weighted by atomic mass is 10.2. The molecule has 0 aromatic carbocycles. The summed E-state index contributed by atoms with van der Waals surface area (Å²) in [7, 11) is 0. The lowest BCUT2D eigenvalue weighted by Crippen LogP contribution is -2.19. The van der Waals surface area contributed by atoms with E-state index in [1.807, 2.05) is 0 Å². The Morgan fingerprint density at radius 3 is 2.31 bits per heavy atom. The summed E-state index contributed by atoms with van der Waals surface area (Å²) in [6.45, 7) is 0. The van der Waals surface area contributed by atoms with Crippen LogP contribution in [-0.2, 0) is 0 Å². The van der Waals surface area contributed by atoms with Crippen LogP contribution in [0.25, 0.3) is 0 Å². The molecular weight excluding hydrogens is 308 g/mol. The molecule has 0 radical (unpaired) electrons. The summed E-state index contributed by atoms with van der Waals surface area (Å²) in [4.78, 5) is 3.10. The standard InChI is InChI=1S/C7H2BrF6NO/c8-5-3(6(10)11)4(2(9)1-15-5)16-7(12,13)14/h1,6H. The molecule has 0 aliphatic heterocycles. The van der Waals surface area contributed by atoms with E-state index in [9.17, 15) is 26.3 Å². The maximum Gasteiger partial charge on any atom is 0.573 e. The quantitative estimate of drug-likeness (QED) is 0.612. The van der Waals surface area contributed by atoms with E-state index in [1.165, 1.54) is 0 Å². The Hall–Kier alpha value is -0.990. The first-order valence-corrected chi connectivity index (χ1v) is 4.39.